The molecule has 1 atom stereocenters. The van der Waals surface area contributed by atoms with E-state index in [1.807, 2.05) is 13.8 Å². The SMILES string of the molecule is CCC(C)NC(=O)CCNC(=O)c1c(-c2c(F)cccc2Cl)noc1C. The minimum Gasteiger partial charge on any atom is -0.360 e. The summed E-state index contributed by atoms with van der Waals surface area (Å²) in [4.78, 5) is 24.3. The Hall–Kier alpha value is -2.41. The number of benzene rings is 1. The Bertz CT molecular complexity index is 787. The molecule has 8 heteroatoms. The summed E-state index contributed by atoms with van der Waals surface area (Å²) in [7, 11) is 0. The summed E-state index contributed by atoms with van der Waals surface area (Å²) < 4.78 is 19.2. The number of halogens is 2. The van der Waals surface area contributed by atoms with E-state index in [9.17, 15) is 14.0 Å². The lowest BCUT2D eigenvalue weighted by molar-refractivity contribution is -0.121. The predicted octanol–water partition coefficient (Wildman–Crippen LogP) is 3.48. The summed E-state index contributed by atoms with van der Waals surface area (Å²) in [6, 6.07) is 4.27. The first-order valence-corrected chi connectivity index (χ1v) is 8.71. The monoisotopic (exact) mass is 381 g/mol. The third-order valence-corrected chi connectivity index (χ3v) is 4.26. The Morgan fingerprint density at radius 2 is 2.12 bits per heavy atom. The Morgan fingerprint density at radius 3 is 2.77 bits per heavy atom. The zero-order chi connectivity index (χ0) is 19.3. The fraction of sp³-hybridized carbons (Fsp3) is 0.389. The van der Waals surface area contributed by atoms with Gasteiger partial charge in [0.1, 0.15) is 22.8 Å². The molecule has 2 amide bonds. The molecule has 140 valence electrons. The van der Waals surface area contributed by atoms with Gasteiger partial charge >= 0.3 is 0 Å². The van der Waals surface area contributed by atoms with Crippen LogP contribution in [0.2, 0.25) is 5.02 Å². The molecular weight excluding hydrogens is 361 g/mol. The van der Waals surface area contributed by atoms with Crippen molar-refractivity contribution in [1.82, 2.24) is 15.8 Å². The lowest BCUT2D eigenvalue weighted by atomic mass is 10.0. The van der Waals surface area contributed by atoms with E-state index in [4.69, 9.17) is 16.1 Å². The summed E-state index contributed by atoms with van der Waals surface area (Å²) in [5.41, 5.74) is 0.136. The van der Waals surface area contributed by atoms with E-state index < -0.39 is 11.7 Å². The number of nitrogens with one attached hydrogen (secondary N) is 2. The van der Waals surface area contributed by atoms with Gasteiger partial charge in [-0.3, -0.25) is 9.59 Å². The van der Waals surface area contributed by atoms with Crippen molar-refractivity contribution in [3.63, 3.8) is 0 Å². The van der Waals surface area contributed by atoms with Gasteiger partial charge in [-0.2, -0.15) is 0 Å². The number of carbonyl (C=O) groups is 2. The van der Waals surface area contributed by atoms with E-state index >= 15 is 0 Å². The van der Waals surface area contributed by atoms with Crippen LogP contribution in [0.3, 0.4) is 0 Å². The first kappa shape index (κ1) is 19.9. The van der Waals surface area contributed by atoms with E-state index in [1.165, 1.54) is 18.2 Å². The predicted molar refractivity (Wildman–Crippen MR) is 96.5 cm³/mol. The second-order valence-corrected chi connectivity index (χ2v) is 6.35. The Balaban J connectivity index is 2.11. The van der Waals surface area contributed by atoms with Gasteiger partial charge in [-0.15, -0.1) is 0 Å². The first-order valence-electron chi connectivity index (χ1n) is 8.33. The minimum absolute atomic E-state index is 0.00526. The zero-order valence-electron chi connectivity index (χ0n) is 14.9. The highest BCUT2D eigenvalue weighted by Crippen LogP contribution is 2.33. The third-order valence-electron chi connectivity index (χ3n) is 3.95. The lowest BCUT2D eigenvalue weighted by Gasteiger charge is -2.11. The van der Waals surface area contributed by atoms with Crippen molar-refractivity contribution in [2.45, 2.75) is 39.7 Å². The minimum atomic E-state index is -0.604. The molecule has 0 bridgehead atoms. The summed E-state index contributed by atoms with van der Waals surface area (Å²) in [5.74, 6) is -1.03. The number of nitrogens with zero attached hydrogens (tertiary/aromatic N) is 1. The summed E-state index contributed by atoms with van der Waals surface area (Å²) >= 11 is 6.05. The topological polar surface area (TPSA) is 84.2 Å². The second-order valence-electron chi connectivity index (χ2n) is 5.94. The van der Waals surface area contributed by atoms with Crippen molar-refractivity contribution >= 4 is 23.4 Å². The number of hydrogen-bond donors (Lipinski definition) is 2. The van der Waals surface area contributed by atoms with Crippen LogP contribution in [0.15, 0.2) is 22.7 Å². The van der Waals surface area contributed by atoms with E-state index in [2.05, 4.69) is 15.8 Å². The second kappa shape index (κ2) is 8.80. The summed E-state index contributed by atoms with van der Waals surface area (Å²) in [5, 5.41) is 9.35. The molecule has 0 radical (unpaired) electrons. The molecule has 0 aliphatic heterocycles. The molecule has 1 aromatic carbocycles. The summed E-state index contributed by atoms with van der Waals surface area (Å²) in [6.07, 6.45) is 0.959. The molecule has 2 rings (SSSR count). The number of aromatic nitrogens is 1. The van der Waals surface area contributed by atoms with Crippen LogP contribution in [0.4, 0.5) is 4.39 Å². The number of hydrogen-bond acceptors (Lipinski definition) is 4. The van der Waals surface area contributed by atoms with Crippen LogP contribution in [-0.2, 0) is 4.79 Å². The molecule has 0 aliphatic carbocycles. The van der Waals surface area contributed by atoms with Crippen molar-refractivity contribution < 1.29 is 18.5 Å². The van der Waals surface area contributed by atoms with Gasteiger partial charge < -0.3 is 15.2 Å². The van der Waals surface area contributed by atoms with Gasteiger partial charge in [0.15, 0.2) is 0 Å². The number of amides is 2. The number of aryl methyl sites for hydroxylation is 1. The smallest absolute Gasteiger partial charge is 0.257 e. The van der Waals surface area contributed by atoms with Crippen molar-refractivity contribution in [3.8, 4) is 11.3 Å². The average molecular weight is 382 g/mol. The summed E-state index contributed by atoms with van der Waals surface area (Å²) in [6.45, 7) is 5.56. The van der Waals surface area contributed by atoms with Gasteiger partial charge in [0.25, 0.3) is 5.91 Å². The van der Waals surface area contributed by atoms with E-state index in [-0.39, 0.29) is 52.5 Å². The van der Waals surface area contributed by atoms with Crippen LogP contribution in [0.1, 0.15) is 42.8 Å². The maximum Gasteiger partial charge on any atom is 0.257 e. The van der Waals surface area contributed by atoms with Gasteiger partial charge in [0, 0.05) is 19.0 Å². The maximum atomic E-state index is 14.2. The van der Waals surface area contributed by atoms with Gasteiger partial charge in [-0.25, -0.2) is 4.39 Å². The molecule has 0 spiro atoms. The van der Waals surface area contributed by atoms with Crippen LogP contribution < -0.4 is 10.6 Å². The Labute approximate surface area is 156 Å². The van der Waals surface area contributed by atoms with Crippen LogP contribution >= 0.6 is 11.6 Å². The molecule has 0 saturated carbocycles. The van der Waals surface area contributed by atoms with Crippen molar-refractivity contribution in [1.29, 1.82) is 0 Å². The van der Waals surface area contributed by atoms with Crippen molar-refractivity contribution in [2.75, 3.05) is 6.54 Å². The molecule has 1 aromatic heterocycles. The normalized spacial score (nSPS) is 11.9. The number of rotatable bonds is 7. The Kier molecular flexibility index (Phi) is 6.74. The lowest BCUT2D eigenvalue weighted by Crippen LogP contribution is -2.35. The standard InChI is InChI=1S/C18H21ClFN3O3/c1-4-10(2)22-14(24)8-9-21-18(25)15-11(3)26-23-17(15)16-12(19)6-5-7-13(16)20/h5-7,10H,4,8-9H2,1-3H3,(H,21,25)(H,22,24). The van der Waals surface area contributed by atoms with E-state index in [0.717, 1.165) is 6.42 Å². The van der Waals surface area contributed by atoms with E-state index in [0.29, 0.717) is 0 Å². The van der Waals surface area contributed by atoms with Gasteiger partial charge in [0.2, 0.25) is 5.91 Å². The zero-order valence-corrected chi connectivity index (χ0v) is 15.6. The molecule has 2 N–H and O–H groups in total. The fourth-order valence-corrected chi connectivity index (χ4v) is 2.61. The van der Waals surface area contributed by atoms with Crippen LogP contribution in [0.25, 0.3) is 11.3 Å². The molecule has 0 fully saturated rings. The highest BCUT2D eigenvalue weighted by atomic mass is 35.5. The molecular formula is C18H21ClFN3O3. The van der Waals surface area contributed by atoms with E-state index in [1.54, 1.807) is 6.92 Å². The Morgan fingerprint density at radius 1 is 1.38 bits per heavy atom. The molecule has 1 heterocycles. The molecule has 0 aliphatic rings. The van der Waals surface area contributed by atoms with Crippen molar-refractivity contribution in [2.24, 2.45) is 0 Å². The average Bonchev–Trinajstić information content (AvgIpc) is 2.95. The highest BCUT2D eigenvalue weighted by Gasteiger charge is 2.25. The third kappa shape index (κ3) is 4.60. The largest absolute Gasteiger partial charge is 0.360 e. The molecule has 1 unspecified atom stereocenters. The highest BCUT2D eigenvalue weighted by molar-refractivity contribution is 6.33. The number of carbonyl (C=O) groups excluding carboxylic acids is 2. The molecule has 0 saturated heterocycles. The van der Waals surface area contributed by atoms with Gasteiger partial charge in [-0.05, 0) is 32.4 Å². The van der Waals surface area contributed by atoms with Gasteiger partial charge in [-0.1, -0.05) is 29.7 Å². The van der Waals surface area contributed by atoms with Crippen LogP contribution in [0.5, 0.6) is 0 Å². The fourth-order valence-electron chi connectivity index (χ4n) is 2.36. The van der Waals surface area contributed by atoms with Gasteiger partial charge in [0.05, 0.1) is 10.6 Å². The van der Waals surface area contributed by atoms with Crippen LogP contribution in [-0.4, -0.2) is 29.6 Å². The first-order chi connectivity index (χ1) is 12.3. The quantitative estimate of drug-likeness (QED) is 0.769. The molecule has 2 aromatic rings. The molecule has 26 heavy (non-hydrogen) atoms. The maximum absolute atomic E-state index is 14.2. The van der Waals surface area contributed by atoms with Crippen LogP contribution in [0, 0.1) is 12.7 Å². The van der Waals surface area contributed by atoms with Crippen molar-refractivity contribution in [3.05, 3.63) is 40.4 Å². The molecule has 6 nitrogen and oxygen atoms in total.